The highest BCUT2D eigenvalue weighted by molar-refractivity contribution is 5.90. The molecular formula is C32H38F3N7O3. The van der Waals surface area contributed by atoms with Gasteiger partial charge in [-0.1, -0.05) is 45.0 Å². The minimum absolute atomic E-state index is 0.0103. The molecule has 0 atom stereocenters. The van der Waals surface area contributed by atoms with E-state index in [9.17, 15) is 18.0 Å². The number of aromatic nitrogens is 2. The smallest absolute Gasteiger partial charge is 0.416 e. The van der Waals surface area contributed by atoms with E-state index >= 15 is 0 Å². The van der Waals surface area contributed by atoms with Gasteiger partial charge >= 0.3 is 12.2 Å². The number of hydrogen-bond donors (Lipinski definition) is 3. The predicted molar refractivity (Wildman–Crippen MR) is 167 cm³/mol. The van der Waals surface area contributed by atoms with E-state index in [1.165, 1.54) is 18.3 Å². The summed E-state index contributed by atoms with van der Waals surface area (Å²) in [5, 5.41) is 10.1. The minimum Gasteiger partial charge on any atom is -0.439 e. The molecule has 10 nitrogen and oxygen atoms in total. The molecule has 4 N–H and O–H groups in total. The highest BCUT2D eigenvalue weighted by Crippen LogP contribution is 2.33. The van der Waals surface area contributed by atoms with Crippen molar-refractivity contribution in [1.29, 1.82) is 0 Å². The summed E-state index contributed by atoms with van der Waals surface area (Å²) in [6.07, 6.45) is -2.05. The molecule has 1 aromatic heterocycles. The van der Waals surface area contributed by atoms with Crippen LogP contribution in [0.15, 0.2) is 78.2 Å². The van der Waals surface area contributed by atoms with Crippen molar-refractivity contribution in [2.45, 2.75) is 45.8 Å². The maximum atomic E-state index is 13.6. The maximum Gasteiger partial charge on any atom is 0.416 e. The quantitative estimate of drug-likeness (QED) is 0.213. The molecular weight excluding hydrogens is 587 g/mol. The zero-order valence-corrected chi connectivity index (χ0v) is 25.7. The SMILES string of the molecule is C=C(/N=C(\C=C/N)Oc1ccc(C(F)(F)F)cc1CNC(=O)Nc1cc(C(C)(C)C)nn1-c1ccc(C)cc1)N1CCOCC1. The van der Waals surface area contributed by atoms with Crippen LogP contribution in [-0.2, 0) is 22.9 Å². The lowest BCUT2D eigenvalue weighted by molar-refractivity contribution is -0.137. The number of carbonyl (C=O) groups is 1. The molecule has 13 heteroatoms. The molecule has 1 aliphatic heterocycles. The van der Waals surface area contributed by atoms with Crippen molar-refractivity contribution in [1.82, 2.24) is 20.0 Å². The lowest BCUT2D eigenvalue weighted by Gasteiger charge is -2.28. The summed E-state index contributed by atoms with van der Waals surface area (Å²) in [4.78, 5) is 19.4. The fourth-order valence-corrected chi connectivity index (χ4v) is 4.36. The summed E-state index contributed by atoms with van der Waals surface area (Å²) in [7, 11) is 0. The van der Waals surface area contributed by atoms with E-state index < -0.39 is 17.8 Å². The Balaban J connectivity index is 1.57. The molecule has 0 bridgehead atoms. The fourth-order valence-electron chi connectivity index (χ4n) is 4.36. The van der Waals surface area contributed by atoms with Gasteiger partial charge in [0.2, 0.25) is 5.90 Å². The van der Waals surface area contributed by atoms with Gasteiger partial charge in [0.15, 0.2) is 0 Å². The Kier molecular flexibility index (Phi) is 10.2. The Morgan fingerprint density at radius 1 is 1.13 bits per heavy atom. The summed E-state index contributed by atoms with van der Waals surface area (Å²) >= 11 is 0. The minimum atomic E-state index is -4.61. The van der Waals surface area contributed by atoms with Crippen LogP contribution in [0.3, 0.4) is 0 Å². The van der Waals surface area contributed by atoms with Crippen LogP contribution in [0.1, 0.15) is 43.2 Å². The van der Waals surface area contributed by atoms with E-state index in [0.717, 1.165) is 29.1 Å². The molecule has 0 saturated carbocycles. The van der Waals surface area contributed by atoms with Gasteiger partial charge in [-0.15, -0.1) is 0 Å². The first-order valence-electron chi connectivity index (χ1n) is 14.3. The number of aryl methyl sites for hydroxylation is 1. The molecule has 0 unspecified atom stereocenters. The fraction of sp³-hybridized carbons (Fsp3) is 0.344. The molecule has 1 saturated heterocycles. The highest BCUT2D eigenvalue weighted by Gasteiger charge is 2.31. The van der Waals surface area contributed by atoms with E-state index in [1.54, 1.807) is 10.7 Å². The van der Waals surface area contributed by atoms with E-state index in [2.05, 4.69) is 22.2 Å². The van der Waals surface area contributed by atoms with Gasteiger partial charge in [-0.25, -0.2) is 9.48 Å². The van der Waals surface area contributed by atoms with Crippen molar-refractivity contribution in [2.75, 3.05) is 31.6 Å². The molecule has 4 rings (SSSR count). The number of aliphatic imine (C=N–C) groups is 1. The number of morpholine rings is 1. The van der Waals surface area contributed by atoms with Crippen LogP contribution in [0.25, 0.3) is 5.69 Å². The second-order valence-electron chi connectivity index (χ2n) is 11.5. The van der Waals surface area contributed by atoms with Crippen molar-refractivity contribution in [2.24, 2.45) is 10.7 Å². The molecule has 2 heterocycles. The molecule has 2 amide bonds. The molecule has 1 aliphatic rings. The van der Waals surface area contributed by atoms with E-state index in [0.29, 0.717) is 37.9 Å². The zero-order chi connectivity index (χ0) is 32.8. The maximum absolute atomic E-state index is 13.6. The molecule has 2 aromatic carbocycles. The summed E-state index contributed by atoms with van der Waals surface area (Å²) in [5.41, 5.74) is 6.99. The topological polar surface area (TPSA) is 119 Å². The lowest BCUT2D eigenvalue weighted by Crippen LogP contribution is -2.35. The average molecular weight is 626 g/mol. The number of benzene rings is 2. The molecule has 3 aromatic rings. The van der Waals surface area contributed by atoms with Gasteiger partial charge < -0.3 is 25.4 Å². The number of anilines is 1. The number of alkyl halides is 3. The number of rotatable bonds is 8. The number of urea groups is 1. The van der Waals surface area contributed by atoms with Crippen LogP contribution in [0.4, 0.5) is 23.8 Å². The van der Waals surface area contributed by atoms with Crippen molar-refractivity contribution >= 4 is 17.7 Å². The number of nitrogens with two attached hydrogens (primary N) is 1. The number of ether oxygens (including phenoxy) is 2. The Labute approximate surface area is 260 Å². The number of carbonyl (C=O) groups excluding carboxylic acids is 1. The van der Waals surface area contributed by atoms with E-state index in [4.69, 9.17) is 20.3 Å². The normalized spacial score (nSPS) is 14.5. The third-order valence-electron chi connectivity index (χ3n) is 6.89. The Hall–Kier alpha value is -4.78. The number of halogens is 3. The Bertz CT molecular complexity index is 1570. The van der Waals surface area contributed by atoms with Gasteiger partial charge in [0.05, 0.1) is 30.2 Å². The molecule has 240 valence electrons. The van der Waals surface area contributed by atoms with Gasteiger partial charge in [0.1, 0.15) is 17.4 Å². The van der Waals surface area contributed by atoms with Crippen LogP contribution >= 0.6 is 0 Å². The summed E-state index contributed by atoms with van der Waals surface area (Å²) < 4.78 is 53.8. The number of nitrogens with one attached hydrogen (secondary N) is 2. The van der Waals surface area contributed by atoms with Crippen molar-refractivity contribution < 1.29 is 27.4 Å². The highest BCUT2D eigenvalue weighted by atomic mass is 19.4. The Morgan fingerprint density at radius 2 is 1.82 bits per heavy atom. The van der Waals surface area contributed by atoms with E-state index in [1.807, 2.05) is 56.9 Å². The van der Waals surface area contributed by atoms with E-state index in [-0.39, 0.29) is 29.2 Å². The van der Waals surface area contributed by atoms with Crippen LogP contribution in [0.5, 0.6) is 5.75 Å². The van der Waals surface area contributed by atoms with Crippen LogP contribution in [-0.4, -0.2) is 52.9 Å². The van der Waals surface area contributed by atoms with Crippen LogP contribution in [0, 0.1) is 6.92 Å². The molecule has 0 spiro atoms. The first kappa shape index (κ1) is 33.1. The van der Waals surface area contributed by atoms with Gasteiger partial charge in [0, 0.05) is 42.8 Å². The van der Waals surface area contributed by atoms with Gasteiger partial charge in [-0.05, 0) is 43.5 Å². The predicted octanol–water partition coefficient (Wildman–Crippen LogP) is 5.87. The average Bonchev–Trinajstić information content (AvgIpc) is 3.41. The van der Waals surface area contributed by atoms with Gasteiger partial charge in [0.25, 0.3) is 0 Å². The summed E-state index contributed by atoms with van der Waals surface area (Å²) in [5.74, 6) is 0.842. The monoisotopic (exact) mass is 625 g/mol. The number of nitrogens with zero attached hydrogens (tertiary/aromatic N) is 4. The second-order valence-corrected chi connectivity index (χ2v) is 11.5. The van der Waals surface area contributed by atoms with Crippen molar-refractivity contribution in [3.63, 3.8) is 0 Å². The van der Waals surface area contributed by atoms with Crippen molar-refractivity contribution in [3.05, 3.63) is 95.6 Å². The van der Waals surface area contributed by atoms with Crippen LogP contribution in [0.2, 0.25) is 0 Å². The van der Waals surface area contributed by atoms with Crippen molar-refractivity contribution in [3.8, 4) is 11.4 Å². The molecule has 45 heavy (non-hydrogen) atoms. The molecule has 0 radical (unpaired) electrons. The third kappa shape index (κ3) is 8.88. The van der Waals surface area contributed by atoms with Crippen LogP contribution < -0.4 is 21.1 Å². The number of amides is 2. The zero-order valence-electron chi connectivity index (χ0n) is 25.7. The Morgan fingerprint density at radius 3 is 2.44 bits per heavy atom. The summed E-state index contributed by atoms with van der Waals surface area (Å²) in [6, 6.07) is 11.7. The van der Waals surface area contributed by atoms with Gasteiger partial charge in [-0.2, -0.15) is 23.3 Å². The largest absolute Gasteiger partial charge is 0.439 e. The molecule has 0 aliphatic carbocycles. The first-order chi connectivity index (χ1) is 21.2. The third-order valence-corrected chi connectivity index (χ3v) is 6.89. The second kappa shape index (κ2) is 13.9. The van der Waals surface area contributed by atoms with Gasteiger partial charge in [-0.3, -0.25) is 5.32 Å². The lowest BCUT2D eigenvalue weighted by atomic mass is 9.92. The number of hydrogen-bond acceptors (Lipinski definition) is 7. The first-order valence-corrected chi connectivity index (χ1v) is 14.3. The standard InChI is InChI=1S/C32H38F3N7O3/c1-21-6-9-25(10-7-21)42-28(19-27(40-42)31(3,4)5)39-30(43)37-20-23-18-24(32(33,34)35)8-11-26(23)45-29(12-13-36)38-22(2)41-14-16-44-17-15-41/h6-13,18-19H,2,14-17,20,36H2,1,3-5H3,(H2,37,39,43)/b13-12-,38-29+. The molecule has 1 fully saturated rings. The summed E-state index contributed by atoms with van der Waals surface area (Å²) in [6.45, 7) is 13.8.